The number of nitrogens with zero attached hydrogens (tertiary/aromatic N) is 3. The quantitative estimate of drug-likeness (QED) is 0.448. The first kappa shape index (κ1) is 23.0. The molecule has 0 aliphatic carbocycles. The van der Waals surface area contributed by atoms with Crippen molar-refractivity contribution < 1.29 is 14.3 Å². The average molecular weight is 461 g/mol. The average Bonchev–Trinajstić information content (AvgIpc) is 3.15. The van der Waals surface area contributed by atoms with Crippen LogP contribution in [-0.2, 0) is 11.4 Å². The fourth-order valence-corrected chi connectivity index (χ4v) is 3.69. The van der Waals surface area contributed by atoms with Gasteiger partial charge in [-0.3, -0.25) is 9.36 Å². The van der Waals surface area contributed by atoms with Gasteiger partial charge in [-0.25, -0.2) is 0 Å². The van der Waals surface area contributed by atoms with E-state index >= 15 is 0 Å². The summed E-state index contributed by atoms with van der Waals surface area (Å²) in [4.78, 5) is 12.1. The van der Waals surface area contributed by atoms with Crippen molar-refractivity contribution >= 4 is 29.3 Å². The van der Waals surface area contributed by atoms with E-state index < -0.39 is 0 Å². The van der Waals surface area contributed by atoms with Crippen molar-refractivity contribution in [1.82, 2.24) is 20.1 Å². The van der Waals surface area contributed by atoms with Crippen LogP contribution in [0.3, 0.4) is 0 Å². The van der Waals surface area contributed by atoms with E-state index in [1.807, 2.05) is 61.7 Å². The normalized spacial score (nSPS) is 10.9. The van der Waals surface area contributed by atoms with E-state index in [1.165, 1.54) is 11.8 Å². The van der Waals surface area contributed by atoms with Gasteiger partial charge in [0, 0.05) is 16.8 Å². The van der Waals surface area contributed by atoms with Crippen molar-refractivity contribution in [2.75, 3.05) is 12.4 Å². The van der Waals surface area contributed by atoms with Gasteiger partial charge in [-0.05, 0) is 69.3 Å². The molecule has 0 unspecified atom stereocenters. The number of amides is 1. The van der Waals surface area contributed by atoms with Crippen molar-refractivity contribution in [3.05, 3.63) is 59.4 Å². The lowest BCUT2D eigenvalue weighted by molar-refractivity contribution is -0.119. The molecule has 3 rings (SSSR count). The molecule has 0 aliphatic rings. The third-order valence-electron chi connectivity index (χ3n) is 4.07. The molecule has 1 amide bonds. The molecule has 2 aromatic carbocycles. The molecule has 0 saturated heterocycles. The number of halogens is 1. The van der Waals surface area contributed by atoms with Gasteiger partial charge < -0.3 is 14.8 Å². The first-order valence-corrected chi connectivity index (χ1v) is 11.3. The molecule has 7 nitrogen and oxygen atoms in total. The van der Waals surface area contributed by atoms with Gasteiger partial charge in [0.1, 0.15) is 18.1 Å². The molecule has 0 aliphatic heterocycles. The van der Waals surface area contributed by atoms with Gasteiger partial charge in [0.2, 0.25) is 5.91 Å². The Labute approximate surface area is 191 Å². The second-order valence-electron chi connectivity index (χ2n) is 6.91. The molecule has 1 heterocycles. The zero-order valence-electron chi connectivity index (χ0n) is 17.7. The Bertz CT molecular complexity index is 991. The largest absolute Gasteiger partial charge is 0.494 e. The van der Waals surface area contributed by atoms with Gasteiger partial charge in [-0.2, -0.15) is 0 Å². The number of carbonyl (C=O) groups excluding carboxylic acids is 1. The number of ether oxygens (including phenoxy) is 2. The van der Waals surface area contributed by atoms with E-state index in [4.69, 9.17) is 21.1 Å². The Hall–Kier alpha value is -2.71. The summed E-state index contributed by atoms with van der Waals surface area (Å²) in [6.45, 7) is 6.61. The summed E-state index contributed by atoms with van der Waals surface area (Å²) in [5, 5.41) is 12.7. The monoisotopic (exact) mass is 460 g/mol. The number of thioether (sulfide) groups is 1. The van der Waals surface area contributed by atoms with E-state index in [1.54, 1.807) is 12.1 Å². The fraction of sp³-hybridized carbons (Fsp3) is 0.318. The Balaban J connectivity index is 1.78. The zero-order valence-corrected chi connectivity index (χ0v) is 19.2. The minimum Gasteiger partial charge on any atom is -0.494 e. The molecule has 0 spiro atoms. The summed E-state index contributed by atoms with van der Waals surface area (Å²) >= 11 is 7.36. The SMILES string of the molecule is CCOc1ccc(OCc2nnc(SCC(=O)NC(C)C)n2-c2ccc(Cl)cc2)cc1. The number of rotatable bonds is 10. The lowest BCUT2D eigenvalue weighted by Crippen LogP contribution is -2.31. The topological polar surface area (TPSA) is 78.3 Å². The maximum atomic E-state index is 12.1. The molecule has 31 heavy (non-hydrogen) atoms. The van der Waals surface area contributed by atoms with E-state index in [0.717, 1.165) is 11.4 Å². The first-order valence-electron chi connectivity index (χ1n) is 9.94. The number of hydrogen-bond donors (Lipinski definition) is 1. The van der Waals surface area contributed by atoms with Crippen LogP contribution in [0.2, 0.25) is 5.02 Å². The van der Waals surface area contributed by atoms with Crippen LogP contribution in [0.25, 0.3) is 5.69 Å². The van der Waals surface area contributed by atoms with E-state index in [0.29, 0.717) is 28.4 Å². The van der Waals surface area contributed by atoms with Gasteiger partial charge in [-0.15, -0.1) is 10.2 Å². The van der Waals surface area contributed by atoms with Crippen molar-refractivity contribution in [1.29, 1.82) is 0 Å². The number of aromatic nitrogens is 3. The number of hydrogen-bond acceptors (Lipinski definition) is 6. The summed E-state index contributed by atoms with van der Waals surface area (Å²) in [5.41, 5.74) is 0.839. The molecule has 164 valence electrons. The minimum absolute atomic E-state index is 0.0576. The van der Waals surface area contributed by atoms with Gasteiger partial charge in [0.05, 0.1) is 12.4 Å². The second-order valence-corrected chi connectivity index (χ2v) is 8.29. The van der Waals surface area contributed by atoms with Crippen molar-refractivity contribution in [3.63, 3.8) is 0 Å². The highest BCUT2D eigenvalue weighted by Crippen LogP contribution is 2.25. The van der Waals surface area contributed by atoms with Crippen LogP contribution in [0.4, 0.5) is 0 Å². The van der Waals surface area contributed by atoms with E-state index in [9.17, 15) is 4.79 Å². The Morgan fingerprint density at radius 2 is 1.71 bits per heavy atom. The molecule has 0 saturated carbocycles. The van der Waals surface area contributed by atoms with Gasteiger partial charge in [0.25, 0.3) is 0 Å². The number of nitrogens with one attached hydrogen (secondary N) is 1. The van der Waals surface area contributed by atoms with E-state index in [2.05, 4.69) is 15.5 Å². The molecule has 0 bridgehead atoms. The van der Waals surface area contributed by atoms with Gasteiger partial charge in [-0.1, -0.05) is 23.4 Å². The lowest BCUT2D eigenvalue weighted by atomic mass is 10.3. The molecule has 1 N–H and O–H groups in total. The predicted molar refractivity (Wildman–Crippen MR) is 122 cm³/mol. The summed E-state index contributed by atoms with van der Waals surface area (Å²) < 4.78 is 13.2. The van der Waals surface area contributed by atoms with Crippen LogP contribution >= 0.6 is 23.4 Å². The van der Waals surface area contributed by atoms with Crippen molar-refractivity contribution in [2.45, 2.75) is 38.6 Å². The maximum absolute atomic E-state index is 12.1. The first-order chi connectivity index (χ1) is 15.0. The van der Waals surface area contributed by atoms with Crippen LogP contribution in [0, 0.1) is 0 Å². The van der Waals surface area contributed by atoms with Crippen LogP contribution in [0.15, 0.2) is 53.7 Å². The Kier molecular flexibility index (Phi) is 8.20. The fourth-order valence-electron chi connectivity index (χ4n) is 2.78. The number of carbonyl (C=O) groups is 1. The molecular weight excluding hydrogens is 436 g/mol. The molecule has 3 aromatic rings. The highest BCUT2D eigenvalue weighted by atomic mass is 35.5. The van der Waals surface area contributed by atoms with Gasteiger partial charge >= 0.3 is 0 Å². The summed E-state index contributed by atoms with van der Waals surface area (Å²) in [6, 6.07) is 14.9. The zero-order chi connectivity index (χ0) is 22.2. The standard InChI is InChI=1S/C22H25ClN4O3S/c1-4-29-18-9-11-19(12-10-18)30-13-20-25-26-22(31-14-21(28)24-15(2)3)27(20)17-7-5-16(23)6-8-17/h5-12,15H,4,13-14H2,1-3H3,(H,24,28). The third-order valence-corrected chi connectivity index (χ3v) is 5.25. The van der Waals surface area contributed by atoms with Crippen molar-refractivity contribution in [3.8, 4) is 17.2 Å². The summed E-state index contributed by atoms with van der Waals surface area (Å²) in [7, 11) is 0. The second kappa shape index (κ2) is 11.1. The molecule has 9 heteroatoms. The smallest absolute Gasteiger partial charge is 0.230 e. The van der Waals surface area contributed by atoms with E-state index in [-0.39, 0.29) is 24.3 Å². The highest BCUT2D eigenvalue weighted by Gasteiger charge is 2.17. The molecule has 0 atom stereocenters. The van der Waals surface area contributed by atoms with Crippen LogP contribution in [0.1, 0.15) is 26.6 Å². The molecule has 0 fully saturated rings. The Morgan fingerprint density at radius 3 is 2.32 bits per heavy atom. The van der Waals surface area contributed by atoms with Crippen LogP contribution < -0.4 is 14.8 Å². The number of benzene rings is 2. The lowest BCUT2D eigenvalue weighted by Gasteiger charge is -2.12. The van der Waals surface area contributed by atoms with Crippen LogP contribution in [0.5, 0.6) is 11.5 Å². The third kappa shape index (κ3) is 6.63. The minimum atomic E-state index is -0.0576. The predicted octanol–water partition coefficient (Wildman–Crippen LogP) is 4.52. The van der Waals surface area contributed by atoms with Crippen LogP contribution in [-0.4, -0.2) is 39.1 Å². The van der Waals surface area contributed by atoms with Crippen molar-refractivity contribution in [2.24, 2.45) is 0 Å². The summed E-state index contributed by atoms with van der Waals surface area (Å²) in [5.74, 6) is 2.28. The van der Waals surface area contributed by atoms with Gasteiger partial charge in [0.15, 0.2) is 11.0 Å². The summed E-state index contributed by atoms with van der Waals surface area (Å²) in [6.07, 6.45) is 0. The highest BCUT2D eigenvalue weighted by molar-refractivity contribution is 7.99. The molecule has 1 aromatic heterocycles. The maximum Gasteiger partial charge on any atom is 0.230 e. The Morgan fingerprint density at radius 1 is 1.06 bits per heavy atom. The molecule has 0 radical (unpaired) electrons. The molecular formula is C22H25ClN4O3S.